The van der Waals surface area contributed by atoms with E-state index in [1.54, 1.807) is 7.11 Å². The quantitative estimate of drug-likeness (QED) is 0.676. The lowest BCUT2D eigenvalue weighted by atomic mass is 9.85. The van der Waals surface area contributed by atoms with E-state index >= 15 is 0 Å². The van der Waals surface area contributed by atoms with Crippen LogP contribution in [0.4, 0.5) is 0 Å². The molecule has 4 atom stereocenters. The van der Waals surface area contributed by atoms with E-state index in [0.29, 0.717) is 19.8 Å². The third kappa shape index (κ3) is 3.19. The fourth-order valence-electron chi connectivity index (χ4n) is 3.44. The highest BCUT2D eigenvalue weighted by Crippen LogP contribution is 2.49. The van der Waals surface area contributed by atoms with E-state index < -0.39 is 0 Å². The molecule has 3 nitrogen and oxygen atoms in total. The summed E-state index contributed by atoms with van der Waals surface area (Å²) < 4.78 is 10.2. The van der Waals surface area contributed by atoms with Crippen molar-refractivity contribution in [2.24, 2.45) is 17.8 Å². The van der Waals surface area contributed by atoms with Gasteiger partial charge in [0.1, 0.15) is 0 Å². The van der Waals surface area contributed by atoms with Crippen molar-refractivity contribution >= 4 is 0 Å². The van der Waals surface area contributed by atoms with Crippen molar-refractivity contribution < 1.29 is 14.6 Å². The number of ether oxygens (including phenoxy) is 2. The monoisotopic (exact) mass is 228 g/mol. The van der Waals surface area contributed by atoms with Gasteiger partial charge in [-0.25, -0.2) is 0 Å². The maximum absolute atomic E-state index is 9.87. The Bertz CT molecular complexity index is 207. The largest absolute Gasteiger partial charge is 0.391 e. The summed E-state index contributed by atoms with van der Waals surface area (Å²) in [6.45, 7) is 1.67. The first-order valence-corrected chi connectivity index (χ1v) is 6.54. The fraction of sp³-hybridized carbons (Fsp3) is 1.00. The van der Waals surface area contributed by atoms with Crippen molar-refractivity contribution in [3.63, 3.8) is 0 Å². The Labute approximate surface area is 98.1 Å². The van der Waals surface area contributed by atoms with E-state index in [1.807, 2.05) is 0 Å². The van der Waals surface area contributed by atoms with Crippen LogP contribution in [0.25, 0.3) is 0 Å². The number of methoxy groups -OCH3 is 1. The van der Waals surface area contributed by atoms with Gasteiger partial charge in [0.15, 0.2) is 0 Å². The molecule has 16 heavy (non-hydrogen) atoms. The molecule has 2 saturated carbocycles. The Balaban J connectivity index is 1.58. The van der Waals surface area contributed by atoms with Crippen LogP contribution >= 0.6 is 0 Å². The molecule has 0 heterocycles. The molecule has 3 heteroatoms. The summed E-state index contributed by atoms with van der Waals surface area (Å²) in [6.07, 6.45) is 6.26. The van der Waals surface area contributed by atoms with Gasteiger partial charge in [-0.15, -0.1) is 0 Å². The second-order valence-electron chi connectivity index (χ2n) is 5.39. The zero-order chi connectivity index (χ0) is 11.4. The standard InChI is InChI=1S/C13H24O3/c1-15-4-5-16-9-13(14)8-12-7-10-2-3-11(12)6-10/h10-14H,2-9H2,1H3. The van der Waals surface area contributed by atoms with E-state index in [-0.39, 0.29) is 6.10 Å². The highest BCUT2D eigenvalue weighted by molar-refractivity contribution is 4.90. The Hall–Kier alpha value is -0.120. The average Bonchev–Trinajstić information content (AvgIpc) is 2.86. The Morgan fingerprint density at radius 3 is 2.75 bits per heavy atom. The summed E-state index contributed by atoms with van der Waals surface area (Å²) >= 11 is 0. The molecule has 2 bridgehead atoms. The lowest BCUT2D eigenvalue weighted by Crippen LogP contribution is -2.23. The molecule has 2 fully saturated rings. The summed E-state index contributed by atoms with van der Waals surface area (Å²) in [5, 5.41) is 9.87. The van der Waals surface area contributed by atoms with Crippen LogP contribution in [0.3, 0.4) is 0 Å². The van der Waals surface area contributed by atoms with Crippen molar-refractivity contribution in [1.29, 1.82) is 0 Å². The molecule has 0 saturated heterocycles. The Morgan fingerprint density at radius 2 is 2.12 bits per heavy atom. The van der Waals surface area contributed by atoms with Crippen LogP contribution in [0.15, 0.2) is 0 Å². The predicted octanol–water partition coefficient (Wildman–Crippen LogP) is 1.84. The van der Waals surface area contributed by atoms with Gasteiger partial charge < -0.3 is 14.6 Å². The van der Waals surface area contributed by atoms with E-state index in [4.69, 9.17) is 9.47 Å². The summed E-state index contributed by atoms with van der Waals surface area (Å²) in [7, 11) is 1.66. The number of fused-ring (bicyclic) bond motifs is 2. The highest BCUT2D eigenvalue weighted by atomic mass is 16.5. The summed E-state index contributed by atoms with van der Waals surface area (Å²) in [5.41, 5.74) is 0. The van der Waals surface area contributed by atoms with Crippen molar-refractivity contribution in [1.82, 2.24) is 0 Å². The van der Waals surface area contributed by atoms with Gasteiger partial charge in [-0.05, 0) is 43.4 Å². The van der Waals surface area contributed by atoms with Crippen LogP contribution in [0.2, 0.25) is 0 Å². The minimum Gasteiger partial charge on any atom is -0.391 e. The first-order chi connectivity index (χ1) is 7.79. The third-order valence-electron chi connectivity index (χ3n) is 4.20. The summed E-state index contributed by atoms with van der Waals surface area (Å²) in [6, 6.07) is 0. The predicted molar refractivity (Wildman–Crippen MR) is 62.3 cm³/mol. The van der Waals surface area contributed by atoms with Crippen LogP contribution in [-0.2, 0) is 9.47 Å². The van der Waals surface area contributed by atoms with Crippen LogP contribution < -0.4 is 0 Å². The molecule has 0 aliphatic heterocycles. The Kier molecular flexibility index (Phi) is 4.62. The fourth-order valence-corrected chi connectivity index (χ4v) is 3.44. The molecule has 0 aromatic carbocycles. The second kappa shape index (κ2) is 5.99. The molecular formula is C13H24O3. The van der Waals surface area contributed by atoms with Gasteiger partial charge in [-0.3, -0.25) is 0 Å². The number of hydrogen-bond donors (Lipinski definition) is 1. The van der Waals surface area contributed by atoms with Gasteiger partial charge in [0.2, 0.25) is 0 Å². The second-order valence-corrected chi connectivity index (χ2v) is 5.39. The molecule has 4 unspecified atom stereocenters. The first-order valence-electron chi connectivity index (χ1n) is 6.54. The highest BCUT2D eigenvalue weighted by Gasteiger charge is 2.39. The normalized spacial score (nSPS) is 34.5. The first kappa shape index (κ1) is 12.3. The molecule has 2 aliphatic rings. The molecular weight excluding hydrogens is 204 g/mol. The van der Waals surface area contributed by atoms with Crippen molar-refractivity contribution in [2.45, 2.75) is 38.2 Å². The molecule has 1 N–H and O–H groups in total. The SMILES string of the molecule is COCCOCC(O)CC1CC2CCC1C2. The van der Waals surface area contributed by atoms with Crippen LogP contribution in [0, 0.1) is 17.8 Å². The van der Waals surface area contributed by atoms with Crippen LogP contribution in [0.5, 0.6) is 0 Å². The average molecular weight is 228 g/mol. The zero-order valence-corrected chi connectivity index (χ0v) is 10.2. The van der Waals surface area contributed by atoms with Gasteiger partial charge >= 0.3 is 0 Å². The van der Waals surface area contributed by atoms with Crippen LogP contribution in [-0.4, -0.2) is 38.1 Å². The molecule has 0 amide bonds. The minimum absolute atomic E-state index is 0.277. The lowest BCUT2D eigenvalue weighted by molar-refractivity contribution is 0.00102. The molecule has 0 aromatic heterocycles. The molecule has 0 aromatic rings. The van der Waals surface area contributed by atoms with Gasteiger partial charge in [0.05, 0.1) is 25.9 Å². The molecule has 94 valence electrons. The summed E-state index contributed by atoms with van der Waals surface area (Å²) in [5.74, 6) is 2.63. The van der Waals surface area contributed by atoms with Crippen LogP contribution in [0.1, 0.15) is 32.1 Å². The van der Waals surface area contributed by atoms with Gasteiger partial charge in [-0.2, -0.15) is 0 Å². The van der Waals surface area contributed by atoms with E-state index in [9.17, 15) is 5.11 Å². The zero-order valence-electron chi connectivity index (χ0n) is 10.2. The topological polar surface area (TPSA) is 38.7 Å². The van der Waals surface area contributed by atoms with E-state index in [1.165, 1.54) is 25.7 Å². The third-order valence-corrected chi connectivity index (χ3v) is 4.20. The molecule has 2 rings (SSSR count). The number of aliphatic hydroxyl groups excluding tert-OH is 1. The number of rotatable bonds is 7. The van der Waals surface area contributed by atoms with E-state index in [2.05, 4.69) is 0 Å². The molecule has 0 spiro atoms. The Morgan fingerprint density at radius 1 is 1.25 bits per heavy atom. The van der Waals surface area contributed by atoms with Crippen molar-refractivity contribution in [2.75, 3.05) is 26.9 Å². The van der Waals surface area contributed by atoms with E-state index in [0.717, 1.165) is 24.2 Å². The molecule has 2 aliphatic carbocycles. The smallest absolute Gasteiger partial charge is 0.0776 e. The van der Waals surface area contributed by atoms with Crippen molar-refractivity contribution in [3.05, 3.63) is 0 Å². The molecule has 0 radical (unpaired) electrons. The van der Waals surface area contributed by atoms with Crippen molar-refractivity contribution in [3.8, 4) is 0 Å². The summed E-state index contributed by atoms with van der Waals surface area (Å²) in [4.78, 5) is 0. The minimum atomic E-state index is -0.277. The lowest BCUT2D eigenvalue weighted by Gasteiger charge is -2.24. The van der Waals surface area contributed by atoms with Gasteiger partial charge in [0, 0.05) is 7.11 Å². The number of hydrogen-bond acceptors (Lipinski definition) is 3. The van der Waals surface area contributed by atoms with Gasteiger partial charge in [0.25, 0.3) is 0 Å². The number of aliphatic hydroxyl groups is 1. The maximum atomic E-state index is 9.87. The maximum Gasteiger partial charge on any atom is 0.0776 e. The van der Waals surface area contributed by atoms with Gasteiger partial charge in [-0.1, -0.05) is 6.42 Å².